The molecule has 6 nitrogen and oxygen atoms in total. The van der Waals surface area contributed by atoms with Crippen molar-refractivity contribution in [2.24, 2.45) is 5.73 Å². The molecule has 1 heterocycles. The number of carbonyl (C=O) groups is 1. The van der Waals surface area contributed by atoms with Gasteiger partial charge in [0.1, 0.15) is 0 Å². The van der Waals surface area contributed by atoms with Gasteiger partial charge < -0.3 is 5.73 Å². The second kappa shape index (κ2) is 9.24. The summed E-state index contributed by atoms with van der Waals surface area (Å²) in [5.74, 6) is 0.925. The quantitative estimate of drug-likeness (QED) is 0.668. The number of amides is 1. The molecule has 0 fully saturated rings. The van der Waals surface area contributed by atoms with Gasteiger partial charge in [-0.2, -0.15) is 9.36 Å². The molecule has 0 aliphatic rings. The third-order valence-electron chi connectivity index (χ3n) is 2.25. The molecule has 0 atom stereocenters. The second-order valence-electron chi connectivity index (χ2n) is 4.16. The number of hydrogen-bond acceptors (Lipinski definition) is 7. The number of aromatic nitrogens is 2. The molecule has 8 heteroatoms. The van der Waals surface area contributed by atoms with Crippen LogP contribution < -0.4 is 11.1 Å². The number of anilines is 1. The van der Waals surface area contributed by atoms with Crippen LogP contribution in [0.2, 0.25) is 0 Å². The fourth-order valence-corrected chi connectivity index (χ4v) is 2.77. The molecular formula is C11H21N5OS2. The fraction of sp³-hybridized carbons (Fsp3) is 0.727. The van der Waals surface area contributed by atoms with Crippen molar-refractivity contribution < 1.29 is 4.79 Å². The Labute approximate surface area is 122 Å². The van der Waals surface area contributed by atoms with Crippen molar-refractivity contribution in [2.45, 2.75) is 24.9 Å². The zero-order valence-corrected chi connectivity index (χ0v) is 13.0. The van der Waals surface area contributed by atoms with Crippen LogP contribution in [0.5, 0.6) is 0 Å². The van der Waals surface area contributed by atoms with Gasteiger partial charge in [0.05, 0.1) is 6.54 Å². The van der Waals surface area contributed by atoms with Gasteiger partial charge in [-0.15, -0.1) is 0 Å². The number of thioether (sulfide) groups is 1. The van der Waals surface area contributed by atoms with Crippen molar-refractivity contribution >= 4 is 34.3 Å². The summed E-state index contributed by atoms with van der Waals surface area (Å²) < 4.78 is 4.18. The summed E-state index contributed by atoms with van der Waals surface area (Å²) in [6.07, 6.45) is 1.97. The van der Waals surface area contributed by atoms with Crippen LogP contribution in [-0.2, 0) is 4.79 Å². The van der Waals surface area contributed by atoms with Gasteiger partial charge in [0.2, 0.25) is 16.2 Å². The third-order valence-corrected chi connectivity index (χ3v) is 4.05. The van der Waals surface area contributed by atoms with Gasteiger partial charge in [0.25, 0.3) is 0 Å². The molecule has 0 saturated heterocycles. The van der Waals surface area contributed by atoms with Crippen LogP contribution in [0.15, 0.2) is 5.16 Å². The van der Waals surface area contributed by atoms with E-state index in [1.807, 2.05) is 11.9 Å². The molecule has 3 N–H and O–H groups in total. The predicted octanol–water partition coefficient (Wildman–Crippen LogP) is 1.26. The summed E-state index contributed by atoms with van der Waals surface area (Å²) in [4.78, 5) is 18.0. The first-order valence-corrected chi connectivity index (χ1v) is 8.06. The average Bonchev–Trinajstić information content (AvgIpc) is 2.81. The van der Waals surface area contributed by atoms with Gasteiger partial charge in [-0.3, -0.25) is 15.0 Å². The Balaban J connectivity index is 2.33. The van der Waals surface area contributed by atoms with Crippen molar-refractivity contribution in [3.63, 3.8) is 0 Å². The summed E-state index contributed by atoms with van der Waals surface area (Å²) in [6, 6.07) is 0. The number of nitrogens with zero attached hydrogens (tertiary/aromatic N) is 3. The molecule has 1 amide bonds. The highest BCUT2D eigenvalue weighted by atomic mass is 32.2. The molecule has 0 aliphatic carbocycles. The van der Waals surface area contributed by atoms with Crippen LogP contribution in [0.3, 0.4) is 0 Å². The second-order valence-corrected chi connectivity index (χ2v) is 5.97. The lowest BCUT2D eigenvalue weighted by atomic mass is 10.4. The van der Waals surface area contributed by atoms with E-state index in [0.29, 0.717) is 18.2 Å². The number of hydrogen-bond donors (Lipinski definition) is 2. The van der Waals surface area contributed by atoms with E-state index >= 15 is 0 Å². The van der Waals surface area contributed by atoms with E-state index in [9.17, 15) is 4.79 Å². The zero-order valence-electron chi connectivity index (χ0n) is 11.4. The number of likely N-dealkylation sites (N-methyl/N-ethyl adjacent to an activating group) is 1. The maximum Gasteiger partial charge on any atom is 0.240 e. The molecule has 1 aromatic heterocycles. The molecule has 0 spiro atoms. The molecule has 0 aromatic carbocycles. The maximum absolute atomic E-state index is 11.8. The standard InChI is InChI=1S/C11H21N5OS2/c1-3-7-18-11-14-10(19-15-11)13-9(17)8-16(2)6-4-5-12/h3-8,12H2,1-2H3,(H,13,14,15,17). The van der Waals surface area contributed by atoms with Crippen LogP contribution in [0.1, 0.15) is 19.8 Å². The Bertz CT molecular complexity index is 385. The lowest BCUT2D eigenvalue weighted by Crippen LogP contribution is -2.31. The number of nitrogens with one attached hydrogen (secondary N) is 1. The maximum atomic E-state index is 11.8. The summed E-state index contributed by atoms with van der Waals surface area (Å²) in [6.45, 7) is 3.91. The van der Waals surface area contributed by atoms with E-state index in [0.717, 1.165) is 30.3 Å². The molecule has 0 unspecified atom stereocenters. The van der Waals surface area contributed by atoms with Crippen molar-refractivity contribution in [1.82, 2.24) is 14.3 Å². The first-order chi connectivity index (χ1) is 9.15. The van der Waals surface area contributed by atoms with Gasteiger partial charge >= 0.3 is 0 Å². The highest BCUT2D eigenvalue weighted by Gasteiger charge is 2.10. The van der Waals surface area contributed by atoms with E-state index < -0.39 is 0 Å². The van der Waals surface area contributed by atoms with Crippen LogP contribution in [0.25, 0.3) is 0 Å². The van der Waals surface area contributed by atoms with E-state index in [4.69, 9.17) is 5.73 Å². The normalized spacial score (nSPS) is 10.9. The van der Waals surface area contributed by atoms with E-state index in [1.165, 1.54) is 11.5 Å². The first-order valence-electron chi connectivity index (χ1n) is 6.30. The van der Waals surface area contributed by atoms with Gasteiger partial charge in [-0.05, 0) is 33.0 Å². The smallest absolute Gasteiger partial charge is 0.240 e. The lowest BCUT2D eigenvalue weighted by Gasteiger charge is -2.14. The molecule has 0 saturated carbocycles. The molecule has 1 aromatic rings. The average molecular weight is 303 g/mol. The summed E-state index contributed by atoms with van der Waals surface area (Å²) in [7, 11) is 1.90. The Morgan fingerprint density at radius 3 is 3.05 bits per heavy atom. The van der Waals surface area contributed by atoms with Gasteiger partial charge in [-0.25, -0.2) is 0 Å². The molecule has 0 bridgehead atoms. The first kappa shape index (κ1) is 16.4. The van der Waals surface area contributed by atoms with Gasteiger partial charge in [-0.1, -0.05) is 18.7 Å². The Hall–Kier alpha value is -0.700. The molecule has 1 rings (SSSR count). The van der Waals surface area contributed by atoms with E-state index in [1.54, 1.807) is 11.8 Å². The van der Waals surface area contributed by atoms with Crippen LogP contribution >= 0.6 is 23.3 Å². The van der Waals surface area contributed by atoms with E-state index in [-0.39, 0.29) is 5.91 Å². The third kappa shape index (κ3) is 6.86. The SMILES string of the molecule is CCCSc1nsc(NC(=O)CN(C)CCCN)n1. The fourth-order valence-electron chi connectivity index (χ4n) is 1.36. The minimum absolute atomic E-state index is 0.0669. The minimum atomic E-state index is -0.0669. The molecular weight excluding hydrogens is 282 g/mol. The highest BCUT2D eigenvalue weighted by Crippen LogP contribution is 2.20. The Morgan fingerprint density at radius 2 is 2.37 bits per heavy atom. The topological polar surface area (TPSA) is 84.1 Å². The van der Waals surface area contributed by atoms with Gasteiger partial charge in [0.15, 0.2) is 0 Å². The largest absolute Gasteiger partial charge is 0.330 e. The predicted molar refractivity (Wildman–Crippen MR) is 80.7 cm³/mol. The van der Waals surface area contributed by atoms with Crippen molar-refractivity contribution in [3.8, 4) is 0 Å². The zero-order chi connectivity index (χ0) is 14.1. The van der Waals surface area contributed by atoms with E-state index in [2.05, 4.69) is 21.6 Å². The monoisotopic (exact) mass is 303 g/mol. The minimum Gasteiger partial charge on any atom is -0.330 e. The van der Waals surface area contributed by atoms with Crippen LogP contribution in [0, 0.1) is 0 Å². The Morgan fingerprint density at radius 1 is 1.58 bits per heavy atom. The summed E-state index contributed by atoms with van der Waals surface area (Å²) in [5.41, 5.74) is 5.43. The highest BCUT2D eigenvalue weighted by molar-refractivity contribution is 7.99. The lowest BCUT2D eigenvalue weighted by molar-refractivity contribution is -0.117. The molecule has 0 aliphatic heterocycles. The van der Waals surface area contributed by atoms with Crippen LogP contribution in [0.4, 0.5) is 5.13 Å². The van der Waals surface area contributed by atoms with Crippen molar-refractivity contribution in [1.29, 1.82) is 0 Å². The summed E-state index contributed by atoms with van der Waals surface area (Å²) in [5, 5.41) is 4.07. The van der Waals surface area contributed by atoms with Gasteiger partial charge in [0, 0.05) is 17.3 Å². The number of nitrogens with two attached hydrogens (primary N) is 1. The van der Waals surface area contributed by atoms with Crippen molar-refractivity contribution in [3.05, 3.63) is 0 Å². The molecule has 0 radical (unpaired) electrons. The Kier molecular flexibility index (Phi) is 7.96. The molecule has 19 heavy (non-hydrogen) atoms. The number of rotatable bonds is 9. The molecule has 108 valence electrons. The number of carbonyl (C=O) groups excluding carboxylic acids is 1. The van der Waals surface area contributed by atoms with Crippen LogP contribution in [-0.4, -0.2) is 52.6 Å². The summed E-state index contributed by atoms with van der Waals surface area (Å²) >= 11 is 2.83. The van der Waals surface area contributed by atoms with Crippen molar-refractivity contribution in [2.75, 3.05) is 37.8 Å².